The number of hydrogen-bond acceptors (Lipinski definition) is 4. The van der Waals surface area contributed by atoms with Crippen LogP contribution < -0.4 is 0 Å². The van der Waals surface area contributed by atoms with Crippen molar-refractivity contribution >= 4 is 0 Å². The topological polar surface area (TPSA) is 80.9 Å². The highest BCUT2D eigenvalue weighted by atomic mass is 16.3. The van der Waals surface area contributed by atoms with Gasteiger partial charge in [0.05, 0.1) is 0 Å². The average Bonchev–Trinajstić information content (AvgIpc) is 3.17. The molecule has 0 aliphatic heterocycles. The summed E-state index contributed by atoms with van der Waals surface area (Å²) in [5, 5.41) is 40.9. The summed E-state index contributed by atoms with van der Waals surface area (Å²) in [7, 11) is 0. The molecule has 0 amide bonds. The second kappa shape index (κ2) is 14.7. The smallest absolute Gasteiger partial charge is 0.115 e. The molecular weight excluding hydrogens is 689 g/mol. The molecule has 2 fully saturated rings. The Balaban J connectivity index is 1.18. The van der Waals surface area contributed by atoms with Crippen LogP contribution in [-0.4, -0.2) is 20.4 Å². The zero-order chi connectivity index (χ0) is 40.2. The van der Waals surface area contributed by atoms with Crippen molar-refractivity contribution in [1.29, 1.82) is 0 Å². The van der Waals surface area contributed by atoms with Crippen LogP contribution in [0.25, 0.3) is 0 Å². The summed E-state index contributed by atoms with van der Waals surface area (Å²) < 4.78 is 0. The van der Waals surface area contributed by atoms with Gasteiger partial charge < -0.3 is 20.4 Å². The molecule has 0 radical (unpaired) electrons. The predicted octanol–water partition coefficient (Wildman–Crippen LogP) is 12.4. The van der Waals surface area contributed by atoms with Crippen LogP contribution in [0.2, 0.25) is 0 Å². The van der Waals surface area contributed by atoms with Crippen LogP contribution in [0.3, 0.4) is 0 Å². The average molecular weight is 751 g/mol. The van der Waals surface area contributed by atoms with Gasteiger partial charge in [-0.15, -0.1) is 0 Å². The van der Waals surface area contributed by atoms with Gasteiger partial charge in [-0.05, 0) is 154 Å². The Hall–Kier alpha value is -4.70. The van der Waals surface area contributed by atoms with E-state index in [0.717, 1.165) is 25.7 Å². The largest absolute Gasteiger partial charge is 0.508 e. The fourth-order valence-electron chi connectivity index (χ4n) is 12.1. The molecule has 6 atom stereocenters. The molecule has 0 spiro atoms. The van der Waals surface area contributed by atoms with Gasteiger partial charge in [0.1, 0.15) is 23.0 Å². The number of benzene rings is 5. The summed E-state index contributed by atoms with van der Waals surface area (Å²) in [4.78, 5) is 0. The van der Waals surface area contributed by atoms with Crippen molar-refractivity contribution < 1.29 is 20.4 Å². The van der Waals surface area contributed by atoms with Crippen LogP contribution in [0, 0.1) is 35.5 Å². The Bertz CT molecular complexity index is 1870. The van der Waals surface area contributed by atoms with E-state index in [2.05, 4.69) is 128 Å². The molecule has 6 unspecified atom stereocenters. The molecule has 7 rings (SSSR count). The molecule has 294 valence electrons. The Morgan fingerprint density at radius 2 is 0.696 bits per heavy atom. The second-order valence-electron chi connectivity index (χ2n) is 19.0. The van der Waals surface area contributed by atoms with Crippen LogP contribution >= 0.6 is 0 Å². The normalized spacial score (nSPS) is 25.1. The van der Waals surface area contributed by atoms with Crippen molar-refractivity contribution in [3.63, 3.8) is 0 Å². The monoisotopic (exact) mass is 750 g/mol. The highest BCUT2D eigenvalue weighted by Crippen LogP contribution is 2.59. The van der Waals surface area contributed by atoms with Crippen LogP contribution in [0.15, 0.2) is 121 Å². The number of phenols is 4. The van der Waals surface area contributed by atoms with Crippen LogP contribution in [0.4, 0.5) is 0 Å². The van der Waals surface area contributed by atoms with Gasteiger partial charge in [0.25, 0.3) is 0 Å². The number of aromatic hydroxyl groups is 4. The van der Waals surface area contributed by atoms with Gasteiger partial charge in [0, 0.05) is 10.8 Å². The van der Waals surface area contributed by atoms with Crippen LogP contribution in [0.1, 0.15) is 114 Å². The third-order valence-electron chi connectivity index (χ3n) is 15.3. The lowest BCUT2D eigenvalue weighted by Crippen LogP contribution is -2.49. The minimum Gasteiger partial charge on any atom is -0.508 e. The molecule has 2 aliphatic carbocycles. The van der Waals surface area contributed by atoms with E-state index in [-0.39, 0.29) is 44.7 Å². The molecule has 0 aromatic heterocycles. The predicted molar refractivity (Wildman–Crippen MR) is 229 cm³/mol. The zero-order valence-electron chi connectivity index (χ0n) is 34.6. The highest BCUT2D eigenvalue weighted by Gasteiger charge is 2.52. The van der Waals surface area contributed by atoms with E-state index in [9.17, 15) is 20.4 Å². The Labute approximate surface area is 335 Å². The lowest BCUT2D eigenvalue weighted by atomic mass is 9.50. The maximum atomic E-state index is 10.2. The Morgan fingerprint density at radius 1 is 0.429 bits per heavy atom. The molecule has 4 heteroatoms. The first-order chi connectivity index (χ1) is 26.5. The van der Waals surface area contributed by atoms with Crippen LogP contribution in [0.5, 0.6) is 23.0 Å². The van der Waals surface area contributed by atoms with Crippen molar-refractivity contribution in [3.05, 3.63) is 155 Å². The van der Waals surface area contributed by atoms with Gasteiger partial charge in [0.2, 0.25) is 0 Å². The molecule has 0 heterocycles. The second-order valence-corrected chi connectivity index (χ2v) is 19.0. The van der Waals surface area contributed by atoms with Crippen molar-refractivity contribution in [1.82, 2.24) is 0 Å². The van der Waals surface area contributed by atoms with Crippen LogP contribution in [-0.2, 0) is 21.7 Å². The van der Waals surface area contributed by atoms with Crippen molar-refractivity contribution in [2.75, 3.05) is 0 Å². The van der Waals surface area contributed by atoms with Gasteiger partial charge in [0.15, 0.2) is 0 Å². The van der Waals surface area contributed by atoms with Crippen molar-refractivity contribution in [2.45, 2.75) is 103 Å². The zero-order valence-corrected chi connectivity index (χ0v) is 34.6. The molecule has 0 bridgehead atoms. The van der Waals surface area contributed by atoms with Gasteiger partial charge in [-0.2, -0.15) is 0 Å². The maximum Gasteiger partial charge on any atom is 0.115 e. The van der Waals surface area contributed by atoms with E-state index in [1.807, 2.05) is 48.5 Å². The van der Waals surface area contributed by atoms with E-state index in [1.54, 1.807) is 0 Å². The number of phenolic OH excluding ortho intramolecular Hbond substituents is 4. The van der Waals surface area contributed by atoms with E-state index >= 15 is 0 Å². The first kappa shape index (κ1) is 39.5. The first-order valence-corrected chi connectivity index (χ1v) is 20.8. The molecule has 56 heavy (non-hydrogen) atoms. The molecule has 4 N–H and O–H groups in total. The molecule has 5 aromatic carbocycles. The van der Waals surface area contributed by atoms with Gasteiger partial charge in [-0.1, -0.05) is 128 Å². The summed E-state index contributed by atoms with van der Waals surface area (Å²) in [6.07, 6.45) is 4.06. The minimum absolute atomic E-state index is 0.0752. The molecule has 2 aliphatic rings. The van der Waals surface area contributed by atoms with Crippen molar-refractivity contribution in [2.24, 2.45) is 35.5 Å². The minimum atomic E-state index is -0.236. The standard InChI is InChI=1S/C52H62O4/c1-33-31-51(37-12-20-43(53)21-13-37,38-14-22-44(54)23-15-38)35(3)28-47(33)49(5,6)41-10-9-11-42(30-41)50(7,8)48-29-36(4)52(32-34(48)2,39-16-24-45(55)25-17-39)40-18-26-46(56)27-19-40/h9-27,30,33-36,47-48,53-56H,28-29,31-32H2,1-8H3. The van der Waals surface area contributed by atoms with E-state index in [1.165, 1.54) is 33.4 Å². The Morgan fingerprint density at radius 3 is 0.964 bits per heavy atom. The fourth-order valence-corrected chi connectivity index (χ4v) is 12.1. The fraction of sp³-hybridized carbons (Fsp3) is 0.423. The number of rotatable bonds is 8. The molecular formula is C52H62O4. The highest BCUT2D eigenvalue weighted by molar-refractivity contribution is 5.47. The third-order valence-corrected chi connectivity index (χ3v) is 15.3. The quantitative estimate of drug-likeness (QED) is 0.127. The SMILES string of the molecule is CC1CC(c2ccc(O)cc2)(c2ccc(O)cc2)C(C)CC1C(C)(C)c1cccc(C(C)(C)C2CC(C)C(c3ccc(O)cc3)(c3ccc(O)cc3)CC2C)c1. The third kappa shape index (κ3) is 6.67. The van der Waals surface area contributed by atoms with Crippen molar-refractivity contribution in [3.8, 4) is 23.0 Å². The van der Waals surface area contributed by atoms with Gasteiger partial charge in [-0.25, -0.2) is 0 Å². The van der Waals surface area contributed by atoms with E-state index in [4.69, 9.17) is 0 Å². The molecule has 2 saturated carbocycles. The lowest BCUT2D eigenvalue weighted by Gasteiger charge is -2.54. The summed E-state index contributed by atoms with van der Waals surface area (Å²) in [5.74, 6) is 3.47. The molecule has 4 nitrogen and oxygen atoms in total. The number of hydrogen-bond donors (Lipinski definition) is 4. The first-order valence-electron chi connectivity index (χ1n) is 20.8. The van der Waals surface area contributed by atoms with E-state index < -0.39 is 0 Å². The van der Waals surface area contributed by atoms with Gasteiger partial charge in [-0.3, -0.25) is 0 Å². The molecule has 0 saturated heterocycles. The summed E-state index contributed by atoms with van der Waals surface area (Å²) in [5.41, 5.74) is 7.05. The molecule has 5 aromatic rings. The summed E-state index contributed by atoms with van der Waals surface area (Å²) >= 11 is 0. The van der Waals surface area contributed by atoms with E-state index in [0.29, 0.717) is 35.5 Å². The summed E-state index contributed by atoms with van der Waals surface area (Å²) in [6, 6.07) is 40.8. The summed E-state index contributed by atoms with van der Waals surface area (Å²) in [6.45, 7) is 19.5. The lowest BCUT2D eigenvalue weighted by molar-refractivity contribution is 0.0744. The van der Waals surface area contributed by atoms with Gasteiger partial charge >= 0.3 is 0 Å². The maximum absolute atomic E-state index is 10.2. The Kier molecular flexibility index (Phi) is 10.4.